The molecule has 4 rings (SSSR count). The van der Waals surface area contributed by atoms with E-state index >= 15 is 0 Å². The summed E-state index contributed by atoms with van der Waals surface area (Å²) in [5.74, 6) is -0.897. The molecule has 0 unspecified atom stereocenters. The topological polar surface area (TPSA) is 86.8 Å². The second kappa shape index (κ2) is 14.6. The largest absolute Gasteiger partial charge is 0.355 e. The fraction of sp³-hybridized carbons (Fsp3) is 0.212. The number of carbonyl (C=O) groups excluding carboxylic acids is 2. The molecule has 7 nitrogen and oxygen atoms in total. The highest BCUT2D eigenvalue weighted by molar-refractivity contribution is 7.92. The summed E-state index contributed by atoms with van der Waals surface area (Å²) in [5.41, 5.74) is 2.36. The highest BCUT2D eigenvalue weighted by atomic mass is 35.5. The lowest BCUT2D eigenvalue weighted by Gasteiger charge is -2.34. The molecule has 0 heterocycles. The molecule has 0 spiro atoms. The summed E-state index contributed by atoms with van der Waals surface area (Å²) in [6.45, 7) is 3.37. The van der Waals surface area contributed by atoms with Gasteiger partial charge in [-0.05, 0) is 66.9 Å². The van der Waals surface area contributed by atoms with E-state index < -0.39 is 28.5 Å². The number of hydrogen-bond acceptors (Lipinski definition) is 4. The Morgan fingerprint density at radius 3 is 2.07 bits per heavy atom. The van der Waals surface area contributed by atoms with Gasteiger partial charge in [-0.2, -0.15) is 0 Å². The molecule has 43 heavy (non-hydrogen) atoms. The van der Waals surface area contributed by atoms with Crippen LogP contribution in [0.25, 0.3) is 0 Å². The first-order valence-electron chi connectivity index (χ1n) is 13.8. The molecule has 4 aromatic carbocycles. The molecule has 0 radical (unpaired) electrons. The average molecular weight is 639 g/mol. The molecular weight excluding hydrogens is 605 g/mol. The molecule has 224 valence electrons. The Kier molecular flexibility index (Phi) is 10.9. The van der Waals surface area contributed by atoms with Gasteiger partial charge in [0.15, 0.2) is 0 Å². The van der Waals surface area contributed by atoms with E-state index in [2.05, 4.69) is 5.32 Å². The molecule has 2 amide bonds. The summed E-state index contributed by atoms with van der Waals surface area (Å²) in [6, 6.07) is 28.3. The van der Waals surface area contributed by atoms with Crippen LogP contribution in [0.4, 0.5) is 5.69 Å². The quantitative estimate of drug-likeness (QED) is 0.198. The molecular formula is C33H33Cl2N3O4S. The lowest BCUT2D eigenvalue weighted by Crippen LogP contribution is -2.53. The Labute approximate surface area is 263 Å². The van der Waals surface area contributed by atoms with Crippen molar-refractivity contribution in [2.24, 2.45) is 0 Å². The lowest BCUT2D eigenvalue weighted by molar-refractivity contribution is -0.140. The number of sulfonamides is 1. The normalized spacial score (nSPS) is 11.9. The summed E-state index contributed by atoms with van der Waals surface area (Å²) in [5, 5.41) is 3.74. The van der Waals surface area contributed by atoms with Crippen LogP contribution in [0.2, 0.25) is 10.0 Å². The van der Waals surface area contributed by atoms with E-state index in [1.54, 1.807) is 74.5 Å². The summed E-state index contributed by atoms with van der Waals surface area (Å²) in [4.78, 5) is 29.4. The minimum absolute atomic E-state index is 0.0241. The zero-order chi connectivity index (χ0) is 31.0. The van der Waals surface area contributed by atoms with Crippen molar-refractivity contribution in [3.8, 4) is 0 Å². The van der Waals surface area contributed by atoms with Crippen molar-refractivity contribution in [3.63, 3.8) is 0 Å². The van der Waals surface area contributed by atoms with E-state index in [1.165, 1.54) is 17.0 Å². The first-order valence-corrected chi connectivity index (χ1v) is 16.0. The van der Waals surface area contributed by atoms with Crippen LogP contribution in [0.15, 0.2) is 108 Å². The number of nitrogens with one attached hydrogen (secondary N) is 1. The molecule has 0 bridgehead atoms. The number of nitrogens with zero attached hydrogens (tertiary/aromatic N) is 2. The van der Waals surface area contributed by atoms with E-state index in [9.17, 15) is 18.0 Å². The molecule has 10 heteroatoms. The maximum absolute atomic E-state index is 14.4. The maximum atomic E-state index is 14.4. The summed E-state index contributed by atoms with van der Waals surface area (Å²) >= 11 is 12.5. The van der Waals surface area contributed by atoms with Crippen molar-refractivity contribution in [1.29, 1.82) is 0 Å². The zero-order valence-electron chi connectivity index (χ0n) is 23.9. The third-order valence-corrected chi connectivity index (χ3v) is 9.44. The van der Waals surface area contributed by atoms with Gasteiger partial charge in [-0.3, -0.25) is 13.9 Å². The zero-order valence-corrected chi connectivity index (χ0v) is 26.2. The van der Waals surface area contributed by atoms with Crippen molar-refractivity contribution in [3.05, 3.63) is 130 Å². The molecule has 4 aromatic rings. The molecule has 1 atom stereocenters. The number of hydrogen-bond donors (Lipinski definition) is 1. The standard InChI is InChI=1S/C33H33Cl2N3O4S/c1-3-36-33(40)31(21-25-11-6-4-7-12-25)37(22-26-17-19-27(34)20-18-26)32(39)23-38(30-16-10-15-29(35)24(30)2)43(41,42)28-13-8-5-9-14-28/h4-20,31H,3,21-23H2,1-2H3,(H,36,40)/t31-/m1/s1. The Bertz CT molecular complexity index is 1650. The van der Waals surface area contributed by atoms with Crippen molar-refractivity contribution >= 4 is 50.7 Å². The second-order valence-electron chi connectivity index (χ2n) is 9.96. The minimum Gasteiger partial charge on any atom is -0.355 e. The number of amides is 2. The number of carbonyl (C=O) groups is 2. The molecule has 0 aromatic heterocycles. The lowest BCUT2D eigenvalue weighted by atomic mass is 10.0. The van der Waals surface area contributed by atoms with Crippen LogP contribution in [-0.2, 0) is 32.6 Å². The van der Waals surface area contributed by atoms with Crippen molar-refractivity contribution in [2.45, 2.75) is 37.8 Å². The molecule has 0 aliphatic carbocycles. The fourth-order valence-electron chi connectivity index (χ4n) is 4.73. The Balaban J connectivity index is 1.81. The highest BCUT2D eigenvalue weighted by Crippen LogP contribution is 2.31. The van der Waals surface area contributed by atoms with Crippen LogP contribution >= 0.6 is 23.2 Å². The van der Waals surface area contributed by atoms with Gasteiger partial charge in [0.2, 0.25) is 11.8 Å². The predicted octanol–water partition coefficient (Wildman–Crippen LogP) is 6.27. The average Bonchev–Trinajstić information content (AvgIpc) is 3.01. The van der Waals surface area contributed by atoms with Gasteiger partial charge in [0.05, 0.1) is 10.6 Å². The van der Waals surface area contributed by atoms with Gasteiger partial charge in [0, 0.05) is 29.6 Å². The van der Waals surface area contributed by atoms with E-state index in [0.29, 0.717) is 22.2 Å². The number of benzene rings is 4. The third-order valence-electron chi connectivity index (χ3n) is 7.01. The van der Waals surface area contributed by atoms with Crippen molar-refractivity contribution in [2.75, 3.05) is 17.4 Å². The third kappa shape index (κ3) is 7.96. The smallest absolute Gasteiger partial charge is 0.264 e. The molecule has 1 N–H and O–H groups in total. The summed E-state index contributed by atoms with van der Waals surface area (Å²) < 4.78 is 29.2. The van der Waals surface area contributed by atoms with Gasteiger partial charge in [0.25, 0.3) is 10.0 Å². The van der Waals surface area contributed by atoms with Crippen molar-refractivity contribution < 1.29 is 18.0 Å². The SMILES string of the molecule is CCNC(=O)[C@@H](Cc1ccccc1)N(Cc1ccc(Cl)cc1)C(=O)CN(c1cccc(Cl)c1C)S(=O)(=O)c1ccccc1. The van der Waals surface area contributed by atoms with Crippen LogP contribution in [0.3, 0.4) is 0 Å². The molecule has 0 aliphatic heterocycles. The fourth-order valence-corrected chi connectivity index (χ4v) is 6.52. The van der Waals surface area contributed by atoms with Crippen LogP contribution in [0, 0.1) is 6.92 Å². The summed E-state index contributed by atoms with van der Waals surface area (Å²) in [6.07, 6.45) is 0.230. The molecule has 0 aliphatic rings. The van der Waals surface area contributed by atoms with Crippen LogP contribution in [0.1, 0.15) is 23.6 Å². The van der Waals surface area contributed by atoms with Crippen molar-refractivity contribution in [1.82, 2.24) is 10.2 Å². The van der Waals surface area contributed by atoms with Gasteiger partial charge < -0.3 is 10.2 Å². The Hall–Kier alpha value is -3.85. The number of anilines is 1. The van der Waals surface area contributed by atoms with Gasteiger partial charge in [-0.25, -0.2) is 8.42 Å². The first kappa shape index (κ1) is 32.1. The number of rotatable bonds is 12. The van der Waals surface area contributed by atoms with Gasteiger partial charge in [-0.15, -0.1) is 0 Å². The Morgan fingerprint density at radius 1 is 0.814 bits per heavy atom. The number of likely N-dealkylation sites (N-methyl/N-ethyl adjacent to an activating group) is 1. The molecule has 0 fully saturated rings. The monoisotopic (exact) mass is 637 g/mol. The maximum Gasteiger partial charge on any atom is 0.264 e. The van der Waals surface area contributed by atoms with E-state index in [1.807, 2.05) is 30.3 Å². The van der Waals surface area contributed by atoms with E-state index in [4.69, 9.17) is 23.2 Å². The van der Waals surface area contributed by atoms with Crippen LogP contribution < -0.4 is 9.62 Å². The van der Waals surface area contributed by atoms with Gasteiger partial charge in [0.1, 0.15) is 12.6 Å². The van der Waals surface area contributed by atoms with Crippen LogP contribution in [0.5, 0.6) is 0 Å². The van der Waals surface area contributed by atoms with Crippen LogP contribution in [-0.4, -0.2) is 44.3 Å². The Morgan fingerprint density at radius 2 is 1.44 bits per heavy atom. The number of halogens is 2. The first-order chi connectivity index (χ1) is 20.6. The van der Waals surface area contributed by atoms with Gasteiger partial charge >= 0.3 is 0 Å². The highest BCUT2D eigenvalue weighted by Gasteiger charge is 2.35. The van der Waals surface area contributed by atoms with E-state index in [0.717, 1.165) is 15.4 Å². The summed E-state index contributed by atoms with van der Waals surface area (Å²) in [7, 11) is -4.21. The molecule has 0 saturated carbocycles. The predicted molar refractivity (Wildman–Crippen MR) is 172 cm³/mol. The van der Waals surface area contributed by atoms with E-state index in [-0.39, 0.29) is 29.5 Å². The molecule has 0 saturated heterocycles. The van der Waals surface area contributed by atoms with Gasteiger partial charge in [-0.1, -0.05) is 89.9 Å². The minimum atomic E-state index is -4.21. The second-order valence-corrected chi connectivity index (χ2v) is 12.7.